The molecule has 1 aromatic heterocycles. The second-order valence-corrected chi connectivity index (χ2v) is 7.76. The predicted molar refractivity (Wildman–Crippen MR) is 105 cm³/mol. The summed E-state index contributed by atoms with van der Waals surface area (Å²) in [4.78, 5) is 26.6. The van der Waals surface area contributed by atoms with Crippen LogP contribution in [0.15, 0.2) is 40.8 Å². The van der Waals surface area contributed by atoms with Crippen LogP contribution in [0.5, 0.6) is 0 Å². The van der Waals surface area contributed by atoms with Crippen molar-refractivity contribution in [3.05, 3.63) is 42.0 Å². The van der Waals surface area contributed by atoms with Crippen molar-refractivity contribution in [1.82, 2.24) is 0 Å². The number of rotatable bonds is 5. The standard InChI is InChI=1S/C22H27NO4/c1-14(2)23(20(24)17-11-9-15(3)10-12-17)21-18(22(25)26)13-19(27-21)16-7-5-4-6-8-16/h4-8,13-15,17H,9-12H2,1-3H3,(H,25,26)/t15-,17-. The Morgan fingerprint density at radius 2 is 1.74 bits per heavy atom. The summed E-state index contributed by atoms with van der Waals surface area (Å²) in [5.74, 6) is 0.0404. The van der Waals surface area contributed by atoms with E-state index in [4.69, 9.17) is 4.42 Å². The summed E-state index contributed by atoms with van der Waals surface area (Å²) in [6, 6.07) is 10.7. The zero-order valence-corrected chi connectivity index (χ0v) is 16.1. The second-order valence-electron chi connectivity index (χ2n) is 7.76. The Hall–Kier alpha value is -2.56. The molecule has 0 atom stereocenters. The zero-order chi connectivity index (χ0) is 19.6. The average molecular weight is 369 g/mol. The number of aromatic carboxylic acids is 1. The molecule has 0 aliphatic heterocycles. The molecule has 1 heterocycles. The van der Waals surface area contributed by atoms with Gasteiger partial charge in [-0.25, -0.2) is 4.79 Å². The van der Waals surface area contributed by atoms with Gasteiger partial charge in [-0.3, -0.25) is 9.69 Å². The van der Waals surface area contributed by atoms with Gasteiger partial charge in [0, 0.05) is 23.6 Å². The van der Waals surface area contributed by atoms with Gasteiger partial charge in [-0.05, 0) is 45.4 Å². The minimum Gasteiger partial charge on any atom is -0.477 e. The van der Waals surface area contributed by atoms with Crippen molar-refractivity contribution < 1.29 is 19.1 Å². The molecule has 5 nitrogen and oxygen atoms in total. The number of carbonyl (C=O) groups excluding carboxylic acids is 1. The topological polar surface area (TPSA) is 70.8 Å². The van der Waals surface area contributed by atoms with Crippen LogP contribution in [0.1, 0.15) is 56.8 Å². The van der Waals surface area contributed by atoms with E-state index >= 15 is 0 Å². The Kier molecular flexibility index (Phi) is 5.68. The van der Waals surface area contributed by atoms with E-state index in [0.717, 1.165) is 31.2 Å². The van der Waals surface area contributed by atoms with Crippen molar-refractivity contribution in [2.45, 2.75) is 52.5 Å². The number of hydrogen-bond donors (Lipinski definition) is 1. The Bertz CT molecular complexity index is 801. The zero-order valence-electron chi connectivity index (χ0n) is 16.1. The highest BCUT2D eigenvalue weighted by molar-refractivity contribution is 6.02. The molecular formula is C22H27NO4. The van der Waals surface area contributed by atoms with Crippen molar-refractivity contribution in [2.24, 2.45) is 11.8 Å². The number of benzene rings is 1. The summed E-state index contributed by atoms with van der Waals surface area (Å²) in [7, 11) is 0. The lowest BCUT2D eigenvalue weighted by Crippen LogP contribution is -2.42. The van der Waals surface area contributed by atoms with Gasteiger partial charge in [0.25, 0.3) is 0 Å². The molecule has 3 rings (SSSR count). The van der Waals surface area contributed by atoms with Crippen LogP contribution in [0, 0.1) is 11.8 Å². The van der Waals surface area contributed by atoms with Gasteiger partial charge >= 0.3 is 5.97 Å². The molecule has 1 N–H and O–H groups in total. The van der Waals surface area contributed by atoms with Gasteiger partial charge < -0.3 is 9.52 Å². The summed E-state index contributed by atoms with van der Waals surface area (Å²) in [5.41, 5.74) is 0.814. The maximum absolute atomic E-state index is 13.2. The van der Waals surface area contributed by atoms with Gasteiger partial charge in [-0.2, -0.15) is 0 Å². The largest absolute Gasteiger partial charge is 0.477 e. The number of carboxylic acid groups (broad SMARTS) is 1. The minimum atomic E-state index is -1.09. The lowest BCUT2D eigenvalue weighted by atomic mass is 9.82. The van der Waals surface area contributed by atoms with Crippen LogP contribution < -0.4 is 4.90 Å². The fraction of sp³-hybridized carbons (Fsp3) is 0.455. The number of carbonyl (C=O) groups is 2. The maximum atomic E-state index is 13.2. The smallest absolute Gasteiger partial charge is 0.341 e. The highest BCUT2D eigenvalue weighted by atomic mass is 16.4. The average Bonchev–Trinajstić information content (AvgIpc) is 3.08. The SMILES string of the molecule is CC(C)N(c1oc(-c2ccccc2)cc1C(=O)O)C(=O)[C@H]1CC[C@H](C)CC1. The molecule has 1 saturated carbocycles. The van der Waals surface area contributed by atoms with Gasteiger partial charge in [-0.15, -0.1) is 0 Å². The molecule has 0 spiro atoms. The van der Waals surface area contributed by atoms with E-state index in [0.29, 0.717) is 11.7 Å². The molecular weight excluding hydrogens is 342 g/mol. The highest BCUT2D eigenvalue weighted by Gasteiger charge is 2.34. The van der Waals surface area contributed by atoms with Crippen LogP contribution in [-0.2, 0) is 4.79 Å². The van der Waals surface area contributed by atoms with Crippen LogP contribution in [0.4, 0.5) is 5.88 Å². The van der Waals surface area contributed by atoms with Gasteiger partial charge in [0.05, 0.1) is 0 Å². The van der Waals surface area contributed by atoms with E-state index in [2.05, 4.69) is 6.92 Å². The molecule has 144 valence electrons. The van der Waals surface area contributed by atoms with Crippen molar-refractivity contribution in [2.75, 3.05) is 4.90 Å². The number of amides is 1. The summed E-state index contributed by atoms with van der Waals surface area (Å²) in [6.45, 7) is 5.99. The first kappa shape index (κ1) is 19.2. The third-order valence-electron chi connectivity index (χ3n) is 5.34. The van der Waals surface area contributed by atoms with E-state index < -0.39 is 5.97 Å². The molecule has 1 aliphatic rings. The first-order valence-corrected chi connectivity index (χ1v) is 9.64. The third kappa shape index (κ3) is 4.07. The van der Waals surface area contributed by atoms with Crippen molar-refractivity contribution in [1.29, 1.82) is 0 Å². The molecule has 1 amide bonds. The Labute approximate surface area is 160 Å². The van der Waals surface area contributed by atoms with Crippen LogP contribution in [-0.4, -0.2) is 23.0 Å². The monoisotopic (exact) mass is 369 g/mol. The van der Waals surface area contributed by atoms with Crippen LogP contribution in [0.25, 0.3) is 11.3 Å². The molecule has 0 bridgehead atoms. The molecule has 0 unspecified atom stereocenters. The quantitative estimate of drug-likeness (QED) is 0.785. The van der Waals surface area contributed by atoms with Gasteiger partial charge in [-0.1, -0.05) is 37.3 Å². The summed E-state index contributed by atoms with van der Waals surface area (Å²) >= 11 is 0. The normalized spacial score (nSPS) is 19.9. The summed E-state index contributed by atoms with van der Waals surface area (Å²) < 4.78 is 5.94. The number of nitrogens with zero attached hydrogens (tertiary/aromatic N) is 1. The van der Waals surface area contributed by atoms with Crippen LogP contribution in [0.2, 0.25) is 0 Å². The molecule has 1 aromatic carbocycles. The number of anilines is 1. The Morgan fingerprint density at radius 1 is 1.11 bits per heavy atom. The molecule has 5 heteroatoms. The van der Waals surface area contributed by atoms with Gasteiger partial charge in [0.1, 0.15) is 11.3 Å². The maximum Gasteiger partial charge on any atom is 0.341 e. The number of hydrogen-bond acceptors (Lipinski definition) is 3. The summed E-state index contributed by atoms with van der Waals surface area (Å²) in [6.07, 6.45) is 3.75. The van der Waals surface area contributed by atoms with Gasteiger partial charge in [0.2, 0.25) is 11.8 Å². The molecule has 27 heavy (non-hydrogen) atoms. The van der Waals surface area contributed by atoms with Crippen molar-refractivity contribution in [3.63, 3.8) is 0 Å². The minimum absolute atomic E-state index is 0.0279. The molecule has 0 radical (unpaired) electrons. The van der Waals surface area contributed by atoms with Crippen LogP contribution >= 0.6 is 0 Å². The highest BCUT2D eigenvalue weighted by Crippen LogP contribution is 2.36. The van der Waals surface area contributed by atoms with E-state index in [1.165, 1.54) is 11.0 Å². The second kappa shape index (κ2) is 7.99. The van der Waals surface area contributed by atoms with Crippen molar-refractivity contribution in [3.8, 4) is 11.3 Å². The van der Waals surface area contributed by atoms with E-state index in [9.17, 15) is 14.7 Å². The van der Waals surface area contributed by atoms with Crippen LogP contribution in [0.3, 0.4) is 0 Å². The van der Waals surface area contributed by atoms with E-state index in [1.807, 2.05) is 44.2 Å². The third-order valence-corrected chi connectivity index (χ3v) is 5.34. The Morgan fingerprint density at radius 3 is 2.30 bits per heavy atom. The molecule has 0 saturated heterocycles. The van der Waals surface area contributed by atoms with E-state index in [1.54, 1.807) is 0 Å². The first-order chi connectivity index (χ1) is 12.9. The molecule has 1 fully saturated rings. The fourth-order valence-corrected chi connectivity index (χ4v) is 3.75. The molecule has 2 aromatic rings. The number of carboxylic acids is 1. The van der Waals surface area contributed by atoms with Gasteiger partial charge in [0.15, 0.2) is 0 Å². The Balaban J connectivity index is 1.98. The fourth-order valence-electron chi connectivity index (χ4n) is 3.75. The first-order valence-electron chi connectivity index (χ1n) is 9.64. The van der Waals surface area contributed by atoms with E-state index in [-0.39, 0.29) is 29.3 Å². The predicted octanol–water partition coefficient (Wildman–Crippen LogP) is 5.21. The number of furan rings is 1. The lowest BCUT2D eigenvalue weighted by Gasteiger charge is -2.32. The molecule has 1 aliphatic carbocycles. The lowest BCUT2D eigenvalue weighted by molar-refractivity contribution is -0.124. The summed E-state index contributed by atoms with van der Waals surface area (Å²) in [5, 5.41) is 9.69. The van der Waals surface area contributed by atoms with Crippen molar-refractivity contribution >= 4 is 17.8 Å².